The summed E-state index contributed by atoms with van der Waals surface area (Å²) in [5.74, 6) is 0.914. The number of thiazole rings is 1. The van der Waals surface area contributed by atoms with Crippen molar-refractivity contribution in [2.75, 3.05) is 37.6 Å². The first-order valence-corrected chi connectivity index (χ1v) is 9.80. The quantitative estimate of drug-likeness (QED) is 0.840. The molecule has 1 saturated heterocycles. The molecule has 5 nitrogen and oxygen atoms in total. The second-order valence-electron chi connectivity index (χ2n) is 6.77. The molecule has 0 aromatic carbocycles. The maximum absolute atomic E-state index is 12.2. The van der Waals surface area contributed by atoms with Crippen LogP contribution in [0, 0.1) is 12.8 Å². The number of carbonyl (C=O) groups excluding carboxylic acids is 1. The first kappa shape index (κ1) is 16.6. The number of carbonyl (C=O) groups is 1. The summed E-state index contributed by atoms with van der Waals surface area (Å²) in [5.41, 5.74) is 1.08. The molecule has 2 amide bonds. The van der Waals surface area contributed by atoms with Gasteiger partial charge in [-0.15, -0.1) is 11.3 Å². The average molecular weight is 337 g/mol. The molecular weight excluding hydrogens is 308 g/mol. The molecule has 0 spiro atoms. The number of aryl methyl sites for hydroxylation is 1. The number of hydrogen-bond donors (Lipinski definition) is 1. The monoisotopic (exact) mass is 336 g/mol. The van der Waals surface area contributed by atoms with E-state index in [4.69, 9.17) is 0 Å². The highest BCUT2D eigenvalue weighted by Crippen LogP contribution is 2.28. The third-order valence-corrected chi connectivity index (χ3v) is 6.00. The average Bonchev–Trinajstić information content (AvgIpc) is 3.23. The fourth-order valence-electron chi connectivity index (χ4n) is 3.58. The molecule has 1 aromatic rings. The van der Waals surface area contributed by atoms with Gasteiger partial charge in [0.15, 0.2) is 5.13 Å². The van der Waals surface area contributed by atoms with Crippen LogP contribution >= 0.6 is 11.3 Å². The molecule has 1 saturated carbocycles. The number of urea groups is 1. The summed E-state index contributed by atoms with van der Waals surface area (Å²) in [6.07, 6.45) is 7.99. The fraction of sp³-hybridized carbons (Fsp3) is 0.765. The molecule has 1 aromatic heterocycles. The van der Waals surface area contributed by atoms with Crippen molar-refractivity contribution < 1.29 is 4.79 Å². The third kappa shape index (κ3) is 4.59. The zero-order chi connectivity index (χ0) is 16.1. The van der Waals surface area contributed by atoms with E-state index in [0.717, 1.165) is 55.9 Å². The molecule has 0 atom stereocenters. The molecule has 3 rings (SSSR count). The minimum Gasteiger partial charge on any atom is -0.345 e. The van der Waals surface area contributed by atoms with Crippen LogP contribution in [0.5, 0.6) is 0 Å². The lowest BCUT2D eigenvalue weighted by atomic mass is 10.0. The smallest absolute Gasteiger partial charge is 0.317 e. The highest BCUT2D eigenvalue weighted by molar-refractivity contribution is 7.13. The molecule has 0 unspecified atom stereocenters. The van der Waals surface area contributed by atoms with Crippen LogP contribution in [0.4, 0.5) is 9.93 Å². The Morgan fingerprint density at radius 2 is 2.04 bits per heavy atom. The Labute approximate surface area is 143 Å². The Balaban J connectivity index is 1.33. The minimum absolute atomic E-state index is 0.103. The lowest BCUT2D eigenvalue weighted by Crippen LogP contribution is -2.52. The number of amides is 2. The van der Waals surface area contributed by atoms with Crippen molar-refractivity contribution >= 4 is 22.5 Å². The first-order valence-electron chi connectivity index (χ1n) is 8.92. The number of nitrogens with zero attached hydrogens (tertiary/aromatic N) is 3. The second-order valence-corrected chi connectivity index (χ2v) is 7.61. The van der Waals surface area contributed by atoms with Crippen LogP contribution in [0.2, 0.25) is 0 Å². The SMILES string of the molecule is Cc1csc(N2CCN(C(=O)NCCCC3CCCC3)CC2)n1. The lowest BCUT2D eigenvalue weighted by Gasteiger charge is -2.34. The van der Waals surface area contributed by atoms with Crippen LogP contribution in [0.3, 0.4) is 0 Å². The maximum Gasteiger partial charge on any atom is 0.317 e. The van der Waals surface area contributed by atoms with Gasteiger partial charge in [-0.25, -0.2) is 9.78 Å². The molecule has 2 heterocycles. The Hall–Kier alpha value is -1.30. The van der Waals surface area contributed by atoms with Gasteiger partial charge in [0.25, 0.3) is 0 Å². The van der Waals surface area contributed by atoms with E-state index in [9.17, 15) is 4.79 Å². The van der Waals surface area contributed by atoms with Crippen LogP contribution in [0.25, 0.3) is 0 Å². The van der Waals surface area contributed by atoms with Gasteiger partial charge in [-0.05, 0) is 25.7 Å². The number of piperazine rings is 1. The van der Waals surface area contributed by atoms with Gasteiger partial charge in [0, 0.05) is 38.1 Å². The molecule has 6 heteroatoms. The first-order chi connectivity index (χ1) is 11.2. The van der Waals surface area contributed by atoms with Crippen molar-refractivity contribution in [2.45, 2.75) is 45.4 Å². The van der Waals surface area contributed by atoms with Crippen LogP contribution in [0.15, 0.2) is 5.38 Å². The van der Waals surface area contributed by atoms with Gasteiger partial charge >= 0.3 is 6.03 Å². The van der Waals surface area contributed by atoms with E-state index in [2.05, 4.69) is 20.6 Å². The summed E-state index contributed by atoms with van der Waals surface area (Å²) in [4.78, 5) is 21.0. The molecule has 128 valence electrons. The number of anilines is 1. The van der Waals surface area contributed by atoms with Crippen LogP contribution in [0.1, 0.15) is 44.2 Å². The van der Waals surface area contributed by atoms with E-state index in [1.807, 2.05) is 11.8 Å². The van der Waals surface area contributed by atoms with Crippen molar-refractivity contribution in [3.8, 4) is 0 Å². The molecule has 2 aliphatic rings. The van der Waals surface area contributed by atoms with E-state index in [0.29, 0.717) is 0 Å². The van der Waals surface area contributed by atoms with E-state index >= 15 is 0 Å². The van der Waals surface area contributed by atoms with Crippen molar-refractivity contribution in [1.82, 2.24) is 15.2 Å². The molecule has 23 heavy (non-hydrogen) atoms. The Kier molecular flexibility index (Phi) is 5.75. The van der Waals surface area contributed by atoms with E-state index in [1.54, 1.807) is 11.3 Å². The van der Waals surface area contributed by atoms with Crippen molar-refractivity contribution in [1.29, 1.82) is 0 Å². The largest absolute Gasteiger partial charge is 0.345 e. The maximum atomic E-state index is 12.2. The molecule has 1 aliphatic heterocycles. The standard InChI is InChI=1S/C17H28N4OS/c1-14-13-23-17(19-14)21-11-9-20(10-12-21)16(22)18-8-4-7-15-5-2-3-6-15/h13,15H,2-12H2,1H3,(H,18,22). The van der Waals surface area contributed by atoms with E-state index in [1.165, 1.54) is 32.1 Å². The molecule has 2 fully saturated rings. The topological polar surface area (TPSA) is 48.5 Å². The second kappa shape index (κ2) is 7.99. The van der Waals surface area contributed by atoms with Gasteiger partial charge in [0.2, 0.25) is 0 Å². The predicted molar refractivity (Wildman–Crippen MR) is 95.2 cm³/mol. The summed E-state index contributed by atoms with van der Waals surface area (Å²) >= 11 is 1.69. The highest BCUT2D eigenvalue weighted by Gasteiger charge is 2.22. The number of rotatable bonds is 5. The number of nitrogens with one attached hydrogen (secondary N) is 1. The highest BCUT2D eigenvalue weighted by atomic mass is 32.1. The summed E-state index contributed by atoms with van der Waals surface area (Å²) in [6, 6.07) is 0.103. The van der Waals surface area contributed by atoms with Crippen LogP contribution < -0.4 is 10.2 Å². The molecule has 1 aliphatic carbocycles. The minimum atomic E-state index is 0.103. The van der Waals surface area contributed by atoms with Crippen LogP contribution in [-0.2, 0) is 0 Å². The number of hydrogen-bond acceptors (Lipinski definition) is 4. The summed E-state index contributed by atoms with van der Waals surface area (Å²) in [6.45, 7) is 6.17. The van der Waals surface area contributed by atoms with Gasteiger partial charge < -0.3 is 15.1 Å². The Morgan fingerprint density at radius 3 is 2.70 bits per heavy atom. The third-order valence-electron chi connectivity index (χ3n) is 4.98. The summed E-state index contributed by atoms with van der Waals surface area (Å²) < 4.78 is 0. The van der Waals surface area contributed by atoms with E-state index in [-0.39, 0.29) is 6.03 Å². The summed E-state index contributed by atoms with van der Waals surface area (Å²) in [7, 11) is 0. The van der Waals surface area contributed by atoms with Crippen LogP contribution in [-0.4, -0.2) is 48.6 Å². The van der Waals surface area contributed by atoms with Crippen molar-refractivity contribution in [2.24, 2.45) is 5.92 Å². The van der Waals surface area contributed by atoms with Gasteiger partial charge in [-0.3, -0.25) is 0 Å². The zero-order valence-corrected chi connectivity index (χ0v) is 14.9. The predicted octanol–water partition coefficient (Wildman–Crippen LogP) is 3.25. The van der Waals surface area contributed by atoms with Crippen molar-refractivity contribution in [3.63, 3.8) is 0 Å². The van der Waals surface area contributed by atoms with Gasteiger partial charge in [0.1, 0.15) is 0 Å². The lowest BCUT2D eigenvalue weighted by molar-refractivity contribution is 0.194. The summed E-state index contributed by atoms with van der Waals surface area (Å²) in [5, 5.41) is 6.26. The normalized spacial score (nSPS) is 19.3. The van der Waals surface area contributed by atoms with Crippen molar-refractivity contribution in [3.05, 3.63) is 11.1 Å². The zero-order valence-electron chi connectivity index (χ0n) is 14.1. The van der Waals surface area contributed by atoms with Gasteiger partial charge in [-0.1, -0.05) is 25.7 Å². The fourth-order valence-corrected chi connectivity index (χ4v) is 4.44. The Bertz CT molecular complexity index is 504. The molecule has 0 bridgehead atoms. The number of aromatic nitrogens is 1. The van der Waals surface area contributed by atoms with E-state index < -0.39 is 0 Å². The molecule has 0 radical (unpaired) electrons. The molecular formula is C17H28N4OS. The Morgan fingerprint density at radius 1 is 1.30 bits per heavy atom. The van der Waals surface area contributed by atoms with Gasteiger partial charge in [0.05, 0.1) is 5.69 Å². The van der Waals surface area contributed by atoms with Gasteiger partial charge in [-0.2, -0.15) is 0 Å². The molecule has 1 N–H and O–H groups in total.